The Hall–Kier alpha value is -3.24. The molecule has 3 heterocycles. The van der Waals surface area contributed by atoms with Gasteiger partial charge in [-0.05, 0) is 43.0 Å². The summed E-state index contributed by atoms with van der Waals surface area (Å²) in [5, 5.41) is 5.86. The van der Waals surface area contributed by atoms with Gasteiger partial charge in [0.05, 0.1) is 25.0 Å². The van der Waals surface area contributed by atoms with Crippen LogP contribution in [-0.2, 0) is 19.1 Å². The summed E-state index contributed by atoms with van der Waals surface area (Å²) in [5.41, 5.74) is 2.41. The van der Waals surface area contributed by atoms with Crippen molar-refractivity contribution in [1.82, 2.24) is 15.3 Å². The molecule has 2 aliphatic heterocycles. The Balaban J connectivity index is 0.00000127. The van der Waals surface area contributed by atoms with Gasteiger partial charge in [-0.3, -0.25) is 9.59 Å². The number of carbonyl (C=O) groups is 2. The molecule has 2 aliphatic rings. The second-order valence-electron chi connectivity index (χ2n) is 8.92. The summed E-state index contributed by atoms with van der Waals surface area (Å²) >= 11 is 0. The summed E-state index contributed by atoms with van der Waals surface area (Å²) in [7, 11) is 1.68. The van der Waals surface area contributed by atoms with Gasteiger partial charge in [-0.15, -0.1) is 0 Å². The number of anilines is 3. The van der Waals surface area contributed by atoms with Crippen LogP contribution in [0.2, 0.25) is 0 Å². The molecule has 216 valence electrons. The fourth-order valence-corrected chi connectivity index (χ4v) is 4.36. The van der Waals surface area contributed by atoms with Gasteiger partial charge >= 0.3 is 0 Å². The van der Waals surface area contributed by atoms with E-state index < -0.39 is 0 Å². The first kappa shape index (κ1) is 32.0. The van der Waals surface area contributed by atoms with Crippen LogP contribution in [0.1, 0.15) is 47.5 Å². The van der Waals surface area contributed by atoms with Gasteiger partial charge in [-0.1, -0.05) is 27.7 Å². The third-order valence-corrected chi connectivity index (χ3v) is 6.32. The van der Waals surface area contributed by atoms with Gasteiger partial charge in [0, 0.05) is 64.7 Å². The first-order valence-corrected chi connectivity index (χ1v) is 14.1. The number of hydrogen-bond donors (Lipinski definition) is 2. The number of aromatic nitrogens is 2. The molecule has 1 saturated heterocycles. The molecule has 0 spiro atoms. The molecule has 10 nitrogen and oxygen atoms in total. The molecule has 2 N–H and O–H groups in total. The monoisotopic (exact) mass is 542 g/mol. The van der Waals surface area contributed by atoms with Crippen LogP contribution in [0, 0.1) is 5.92 Å². The molecule has 0 bridgehead atoms. The molecule has 1 aromatic heterocycles. The van der Waals surface area contributed by atoms with Crippen molar-refractivity contribution in [3.05, 3.63) is 30.5 Å². The summed E-state index contributed by atoms with van der Waals surface area (Å²) in [6.07, 6.45) is 3.78. The summed E-state index contributed by atoms with van der Waals surface area (Å²) in [5.74, 6) is 1.75. The van der Waals surface area contributed by atoms with Crippen molar-refractivity contribution >= 4 is 29.0 Å². The molecule has 0 aliphatic carbocycles. The Morgan fingerprint density at radius 3 is 2.36 bits per heavy atom. The van der Waals surface area contributed by atoms with Crippen molar-refractivity contribution in [2.45, 2.75) is 47.5 Å². The molecular weight excluding hydrogens is 496 g/mol. The maximum absolute atomic E-state index is 12.7. The minimum absolute atomic E-state index is 0.00502. The van der Waals surface area contributed by atoms with Crippen LogP contribution in [0.3, 0.4) is 0 Å². The highest BCUT2D eigenvalue weighted by atomic mass is 16.5. The molecule has 1 fully saturated rings. The minimum atomic E-state index is -0.117. The van der Waals surface area contributed by atoms with E-state index in [1.807, 2.05) is 56.9 Å². The Kier molecular flexibility index (Phi) is 14.2. The third kappa shape index (κ3) is 9.78. The van der Waals surface area contributed by atoms with Crippen LogP contribution < -0.4 is 20.4 Å². The van der Waals surface area contributed by atoms with E-state index in [9.17, 15) is 9.59 Å². The summed E-state index contributed by atoms with van der Waals surface area (Å²) in [6, 6.07) is 7.43. The predicted octanol–water partition coefficient (Wildman–Crippen LogP) is 3.97. The first-order valence-electron chi connectivity index (χ1n) is 14.1. The lowest BCUT2D eigenvalue weighted by molar-refractivity contribution is -0.120. The Morgan fingerprint density at radius 1 is 1.05 bits per heavy atom. The molecule has 0 saturated carbocycles. The van der Waals surface area contributed by atoms with Crippen molar-refractivity contribution in [1.29, 1.82) is 0 Å². The average molecular weight is 543 g/mol. The molecule has 1 aromatic carbocycles. The number of nitrogens with zero attached hydrogens (tertiary/aromatic N) is 4. The van der Waals surface area contributed by atoms with Gasteiger partial charge in [0.1, 0.15) is 0 Å². The SMILES string of the molecule is CC.CC.COCCN1CCN(CC(=O)NCC2CCOCC2)c2cnc(-c3ccc(NC(C)=O)cc3)nc21. The van der Waals surface area contributed by atoms with Crippen molar-refractivity contribution in [2.75, 3.05) is 74.8 Å². The molecular formula is C29H46N6O4. The van der Waals surface area contributed by atoms with Crippen molar-refractivity contribution < 1.29 is 19.1 Å². The van der Waals surface area contributed by atoms with Crippen molar-refractivity contribution in [2.24, 2.45) is 5.92 Å². The Morgan fingerprint density at radius 2 is 1.72 bits per heavy atom. The van der Waals surface area contributed by atoms with Gasteiger partial charge in [0.25, 0.3) is 0 Å². The van der Waals surface area contributed by atoms with E-state index in [0.717, 1.165) is 55.4 Å². The second kappa shape index (κ2) is 17.4. The van der Waals surface area contributed by atoms with Crippen molar-refractivity contribution in [3.8, 4) is 11.4 Å². The highest BCUT2D eigenvalue weighted by Crippen LogP contribution is 2.32. The molecule has 0 atom stereocenters. The molecule has 4 rings (SSSR count). The van der Waals surface area contributed by atoms with E-state index in [2.05, 4.69) is 20.5 Å². The smallest absolute Gasteiger partial charge is 0.239 e. The van der Waals surface area contributed by atoms with Gasteiger partial charge in [-0.25, -0.2) is 9.97 Å². The third-order valence-electron chi connectivity index (χ3n) is 6.32. The summed E-state index contributed by atoms with van der Waals surface area (Å²) < 4.78 is 10.7. The summed E-state index contributed by atoms with van der Waals surface area (Å²) in [4.78, 5) is 37.7. The fraction of sp³-hybridized carbons (Fsp3) is 0.586. The lowest BCUT2D eigenvalue weighted by atomic mass is 10.0. The molecule has 2 amide bonds. The van der Waals surface area contributed by atoms with E-state index in [1.54, 1.807) is 13.3 Å². The van der Waals surface area contributed by atoms with Crippen molar-refractivity contribution in [3.63, 3.8) is 0 Å². The Bertz CT molecular complexity index is 1010. The van der Waals surface area contributed by atoms with E-state index in [1.165, 1.54) is 6.92 Å². The van der Waals surface area contributed by atoms with E-state index in [4.69, 9.17) is 14.5 Å². The second-order valence-corrected chi connectivity index (χ2v) is 8.92. The quantitative estimate of drug-likeness (QED) is 0.490. The van der Waals surface area contributed by atoms with Crippen LogP contribution in [-0.4, -0.2) is 81.4 Å². The molecule has 0 radical (unpaired) electrons. The fourth-order valence-electron chi connectivity index (χ4n) is 4.36. The van der Waals surface area contributed by atoms with Gasteiger partial charge in [0.2, 0.25) is 11.8 Å². The zero-order valence-electron chi connectivity index (χ0n) is 24.5. The molecule has 0 unspecified atom stereocenters. The van der Waals surface area contributed by atoms with Crippen LogP contribution in [0.15, 0.2) is 30.5 Å². The topological polar surface area (TPSA) is 109 Å². The standard InChI is InChI=1S/C25H34N6O4.2C2H6/c1-18(32)28-21-5-3-20(4-6-21)24-27-16-22-25(29-24)30(11-14-34-2)9-10-31(22)17-23(33)26-15-19-7-12-35-13-8-19;2*1-2/h3-6,16,19H,7-15,17H2,1-2H3,(H,26,33)(H,28,32);2*1-2H3. The Labute approximate surface area is 233 Å². The lowest BCUT2D eigenvalue weighted by Crippen LogP contribution is -2.47. The maximum Gasteiger partial charge on any atom is 0.239 e. The molecule has 2 aromatic rings. The minimum Gasteiger partial charge on any atom is -0.383 e. The maximum atomic E-state index is 12.7. The number of ether oxygens (including phenoxy) is 2. The zero-order chi connectivity index (χ0) is 28.6. The number of benzene rings is 1. The number of amides is 2. The normalized spacial score (nSPS) is 14.7. The number of carbonyl (C=O) groups excluding carboxylic acids is 2. The highest BCUT2D eigenvalue weighted by Gasteiger charge is 2.27. The van der Waals surface area contributed by atoms with Gasteiger partial charge in [-0.2, -0.15) is 0 Å². The van der Waals surface area contributed by atoms with E-state index in [0.29, 0.717) is 38.0 Å². The van der Waals surface area contributed by atoms with Crippen LogP contribution in [0.25, 0.3) is 11.4 Å². The van der Waals surface area contributed by atoms with Gasteiger partial charge < -0.3 is 29.9 Å². The number of nitrogens with one attached hydrogen (secondary N) is 2. The van der Waals surface area contributed by atoms with E-state index in [-0.39, 0.29) is 18.4 Å². The number of fused-ring (bicyclic) bond motifs is 1. The first-order chi connectivity index (χ1) is 19.0. The van der Waals surface area contributed by atoms with Gasteiger partial charge in [0.15, 0.2) is 11.6 Å². The number of hydrogen-bond acceptors (Lipinski definition) is 8. The van der Waals surface area contributed by atoms with Crippen LogP contribution in [0.4, 0.5) is 17.2 Å². The van der Waals surface area contributed by atoms with Crippen LogP contribution >= 0.6 is 0 Å². The summed E-state index contributed by atoms with van der Waals surface area (Å²) in [6.45, 7) is 14.7. The largest absolute Gasteiger partial charge is 0.383 e. The lowest BCUT2D eigenvalue weighted by Gasteiger charge is -2.37. The zero-order valence-corrected chi connectivity index (χ0v) is 24.5. The number of rotatable bonds is 9. The highest BCUT2D eigenvalue weighted by molar-refractivity contribution is 5.89. The molecule has 10 heteroatoms. The van der Waals surface area contributed by atoms with E-state index >= 15 is 0 Å². The predicted molar refractivity (Wildman–Crippen MR) is 157 cm³/mol. The average Bonchev–Trinajstić information content (AvgIpc) is 2.98. The number of methoxy groups -OCH3 is 1. The van der Waals surface area contributed by atoms with Crippen LogP contribution in [0.5, 0.6) is 0 Å². The molecule has 39 heavy (non-hydrogen) atoms.